The molecule has 6 nitrogen and oxygen atoms in total. The smallest absolute Gasteiger partial charge is 0.272 e. The maximum Gasteiger partial charge on any atom is 0.272 e. The maximum atomic E-state index is 11.9. The van der Waals surface area contributed by atoms with Gasteiger partial charge in [-0.05, 0) is 30.7 Å². The molecule has 21 heavy (non-hydrogen) atoms. The van der Waals surface area contributed by atoms with Crippen LogP contribution in [0, 0.1) is 0 Å². The Morgan fingerprint density at radius 1 is 1.19 bits per heavy atom. The summed E-state index contributed by atoms with van der Waals surface area (Å²) in [5.41, 5.74) is 1.10. The first-order valence-corrected chi connectivity index (χ1v) is 7.05. The zero-order valence-corrected chi connectivity index (χ0v) is 12.0. The summed E-state index contributed by atoms with van der Waals surface area (Å²) in [4.78, 5) is 16.1. The van der Waals surface area contributed by atoms with E-state index in [4.69, 9.17) is 0 Å². The van der Waals surface area contributed by atoms with Crippen molar-refractivity contribution in [3.05, 3.63) is 47.9 Å². The first kappa shape index (κ1) is 14.9. The lowest BCUT2D eigenvalue weighted by atomic mass is 10.3. The van der Waals surface area contributed by atoms with E-state index >= 15 is 0 Å². The molecule has 0 aliphatic heterocycles. The molecule has 0 spiro atoms. The molecule has 2 aromatic rings. The summed E-state index contributed by atoms with van der Waals surface area (Å²) in [5, 5.41) is 13.8. The first-order valence-electron chi connectivity index (χ1n) is 7.05. The summed E-state index contributed by atoms with van der Waals surface area (Å²) >= 11 is 0. The van der Waals surface area contributed by atoms with Gasteiger partial charge in [0.2, 0.25) is 0 Å². The lowest BCUT2D eigenvalue weighted by molar-refractivity contribution is 0.0944. The van der Waals surface area contributed by atoms with Crippen LogP contribution in [0.2, 0.25) is 0 Å². The number of nitrogens with zero attached hydrogens (tertiary/aromatic N) is 3. The third-order valence-corrected chi connectivity index (χ3v) is 2.89. The van der Waals surface area contributed by atoms with Crippen LogP contribution in [0.3, 0.4) is 0 Å². The van der Waals surface area contributed by atoms with Gasteiger partial charge in [-0.15, -0.1) is 10.2 Å². The molecule has 1 amide bonds. The van der Waals surface area contributed by atoms with E-state index in [1.807, 2.05) is 18.2 Å². The van der Waals surface area contributed by atoms with Crippen LogP contribution in [0.1, 0.15) is 35.9 Å². The highest BCUT2D eigenvalue weighted by atomic mass is 16.1. The average Bonchev–Trinajstić information content (AvgIpc) is 2.54. The molecule has 0 aromatic carbocycles. The highest BCUT2D eigenvalue weighted by molar-refractivity contribution is 5.92. The number of carbonyl (C=O) groups excluding carboxylic acids is 1. The monoisotopic (exact) mass is 285 g/mol. The van der Waals surface area contributed by atoms with Crippen molar-refractivity contribution in [2.75, 3.05) is 11.9 Å². The lowest BCUT2D eigenvalue weighted by Gasteiger charge is -2.05. The quantitative estimate of drug-likeness (QED) is 0.761. The van der Waals surface area contributed by atoms with Crippen molar-refractivity contribution in [2.24, 2.45) is 0 Å². The average molecular weight is 285 g/mol. The third kappa shape index (κ3) is 4.83. The fraction of sp³-hybridized carbons (Fsp3) is 0.333. The molecular weight excluding hydrogens is 266 g/mol. The van der Waals surface area contributed by atoms with E-state index in [0.717, 1.165) is 25.1 Å². The SMILES string of the molecule is CCCCNc1ccc(C(=O)NCc2ccccn2)nn1. The van der Waals surface area contributed by atoms with Crippen molar-refractivity contribution in [1.29, 1.82) is 0 Å². The van der Waals surface area contributed by atoms with Crippen LogP contribution in [-0.4, -0.2) is 27.6 Å². The summed E-state index contributed by atoms with van der Waals surface area (Å²) < 4.78 is 0. The summed E-state index contributed by atoms with van der Waals surface area (Å²) in [6.07, 6.45) is 3.89. The van der Waals surface area contributed by atoms with Crippen molar-refractivity contribution < 1.29 is 4.79 Å². The van der Waals surface area contributed by atoms with Crippen molar-refractivity contribution in [3.63, 3.8) is 0 Å². The molecular formula is C15H19N5O. The van der Waals surface area contributed by atoms with E-state index < -0.39 is 0 Å². The Morgan fingerprint density at radius 3 is 2.76 bits per heavy atom. The van der Waals surface area contributed by atoms with Crippen LogP contribution in [-0.2, 0) is 6.54 Å². The normalized spacial score (nSPS) is 10.1. The minimum atomic E-state index is -0.256. The Morgan fingerprint density at radius 2 is 2.10 bits per heavy atom. The van der Waals surface area contributed by atoms with E-state index in [2.05, 4.69) is 32.7 Å². The van der Waals surface area contributed by atoms with Crippen LogP contribution in [0.15, 0.2) is 36.5 Å². The van der Waals surface area contributed by atoms with Crippen LogP contribution in [0.4, 0.5) is 5.82 Å². The van der Waals surface area contributed by atoms with E-state index in [9.17, 15) is 4.79 Å². The van der Waals surface area contributed by atoms with Crippen LogP contribution < -0.4 is 10.6 Å². The highest BCUT2D eigenvalue weighted by Crippen LogP contribution is 2.03. The molecule has 0 atom stereocenters. The topological polar surface area (TPSA) is 79.8 Å². The molecule has 0 aliphatic carbocycles. The molecule has 110 valence electrons. The van der Waals surface area contributed by atoms with Crippen molar-refractivity contribution in [2.45, 2.75) is 26.3 Å². The summed E-state index contributed by atoms with van der Waals surface area (Å²) in [5.74, 6) is 0.429. The number of rotatable bonds is 7. The zero-order valence-electron chi connectivity index (χ0n) is 12.0. The van der Waals surface area contributed by atoms with E-state index in [0.29, 0.717) is 18.1 Å². The Labute approximate surface area is 124 Å². The fourth-order valence-corrected chi connectivity index (χ4v) is 1.70. The van der Waals surface area contributed by atoms with Gasteiger partial charge in [-0.1, -0.05) is 19.4 Å². The van der Waals surface area contributed by atoms with E-state index in [1.165, 1.54) is 0 Å². The number of amides is 1. The molecule has 0 radical (unpaired) electrons. The number of nitrogens with one attached hydrogen (secondary N) is 2. The number of anilines is 1. The van der Waals surface area contributed by atoms with Gasteiger partial charge < -0.3 is 10.6 Å². The molecule has 0 unspecified atom stereocenters. The molecule has 2 aromatic heterocycles. The zero-order chi connectivity index (χ0) is 14.9. The van der Waals surface area contributed by atoms with Gasteiger partial charge in [-0.25, -0.2) is 0 Å². The fourth-order valence-electron chi connectivity index (χ4n) is 1.70. The largest absolute Gasteiger partial charge is 0.369 e. The molecule has 2 rings (SSSR count). The van der Waals surface area contributed by atoms with Crippen LogP contribution in [0.5, 0.6) is 0 Å². The second kappa shape index (κ2) is 7.94. The van der Waals surface area contributed by atoms with Gasteiger partial charge in [0.15, 0.2) is 5.69 Å². The minimum Gasteiger partial charge on any atom is -0.369 e. The highest BCUT2D eigenvalue weighted by Gasteiger charge is 2.08. The molecule has 0 saturated heterocycles. The van der Waals surface area contributed by atoms with Crippen LogP contribution >= 0.6 is 0 Å². The molecule has 0 fully saturated rings. The number of aromatic nitrogens is 3. The number of pyridine rings is 1. The maximum absolute atomic E-state index is 11.9. The summed E-state index contributed by atoms with van der Waals surface area (Å²) in [6, 6.07) is 8.99. The minimum absolute atomic E-state index is 0.256. The number of unbranched alkanes of at least 4 members (excludes halogenated alkanes) is 1. The first-order chi connectivity index (χ1) is 10.3. The standard InChI is InChI=1S/C15H19N5O/c1-2-3-9-17-14-8-7-13(19-20-14)15(21)18-11-12-6-4-5-10-16-12/h4-8,10H,2-3,9,11H2,1H3,(H,17,20)(H,18,21). The summed E-state index contributed by atoms with van der Waals surface area (Å²) in [6.45, 7) is 3.36. The van der Waals surface area contributed by atoms with Gasteiger partial charge in [-0.2, -0.15) is 0 Å². The molecule has 6 heteroatoms. The van der Waals surface area contributed by atoms with Gasteiger partial charge in [0.05, 0.1) is 12.2 Å². The number of carbonyl (C=O) groups is 1. The second-order valence-electron chi connectivity index (χ2n) is 4.59. The van der Waals surface area contributed by atoms with Gasteiger partial charge in [0.1, 0.15) is 5.82 Å². The molecule has 0 aliphatic rings. The Kier molecular flexibility index (Phi) is 5.63. The molecule has 2 heterocycles. The van der Waals surface area contributed by atoms with Gasteiger partial charge >= 0.3 is 0 Å². The Hall–Kier alpha value is -2.50. The van der Waals surface area contributed by atoms with Crippen LogP contribution in [0.25, 0.3) is 0 Å². The molecule has 0 bridgehead atoms. The predicted octanol–water partition coefficient (Wildman–Crippen LogP) is 2.01. The molecule has 2 N–H and O–H groups in total. The van der Waals surface area contributed by atoms with E-state index in [1.54, 1.807) is 18.3 Å². The van der Waals surface area contributed by atoms with Gasteiger partial charge in [0, 0.05) is 12.7 Å². The third-order valence-electron chi connectivity index (χ3n) is 2.89. The van der Waals surface area contributed by atoms with Gasteiger partial charge in [0.25, 0.3) is 5.91 Å². The van der Waals surface area contributed by atoms with Gasteiger partial charge in [-0.3, -0.25) is 9.78 Å². The Balaban J connectivity index is 1.85. The number of hydrogen-bond donors (Lipinski definition) is 2. The Bertz CT molecular complexity index is 556. The van der Waals surface area contributed by atoms with Crippen molar-refractivity contribution in [1.82, 2.24) is 20.5 Å². The van der Waals surface area contributed by atoms with E-state index in [-0.39, 0.29) is 5.91 Å². The van der Waals surface area contributed by atoms with Crippen molar-refractivity contribution in [3.8, 4) is 0 Å². The predicted molar refractivity (Wildman–Crippen MR) is 80.8 cm³/mol. The summed E-state index contributed by atoms with van der Waals surface area (Å²) in [7, 11) is 0. The molecule has 0 saturated carbocycles. The second-order valence-corrected chi connectivity index (χ2v) is 4.59. The van der Waals surface area contributed by atoms with Crippen molar-refractivity contribution >= 4 is 11.7 Å². The lowest BCUT2D eigenvalue weighted by Crippen LogP contribution is -2.24. The number of hydrogen-bond acceptors (Lipinski definition) is 5.